The standard InChI is InChI=1S/C55H33N3O2/c1-2-12-35(13-3-1)49-33-50(58-55(57-49)36-26-24-34(25-27-36)40-28-29-56-48-21-7-4-14-43(40)48)39-31-37(41-17-10-19-46-44-15-5-8-22-51(44)59-53(41)46)30-38(32-39)42-18-11-20-47-45-16-6-9-23-52(45)60-54(42)47/h1-33H. The van der Waals surface area contributed by atoms with Crippen molar-refractivity contribution in [1.82, 2.24) is 15.0 Å². The number of rotatable bonds is 6. The first-order chi connectivity index (χ1) is 29.7. The van der Waals surface area contributed by atoms with Crippen LogP contribution >= 0.6 is 0 Å². The van der Waals surface area contributed by atoms with Crippen LogP contribution in [0.15, 0.2) is 209 Å². The molecule has 0 unspecified atom stereocenters. The lowest BCUT2D eigenvalue weighted by atomic mass is 9.93. The van der Waals surface area contributed by atoms with Crippen LogP contribution in [-0.4, -0.2) is 15.0 Å². The van der Waals surface area contributed by atoms with Gasteiger partial charge in [-0.05, 0) is 70.8 Å². The van der Waals surface area contributed by atoms with Crippen LogP contribution in [-0.2, 0) is 0 Å². The van der Waals surface area contributed by atoms with E-state index in [0.29, 0.717) is 5.82 Å². The Labute approximate surface area is 344 Å². The van der Waals surface area contributed by atoms with Crippen LogP contribution in [0, 0.1) is 0 Å². The zero-order valence-electron chi connectivity index (χ0n) is 32.2. The molecule has 0 aliphatic rings. The van der Waals surface area contributed by atoms with E-state index in [4.69, 9.17) is 18.8 Å². The van der Waals surface area contributed by atoms with Gasteiger partial charge in [0, 0.05) is 60.9 Å². The Kier molecular flexibility index (Phi) is 7.78. The Hall–Kier alpha value is -8.15. The van der Waals surface area contributed by atoms with Crippen molar-refractivity contribution in [3.63, 3.8) is 0 Å². The summed E-state index contributed by atoms with van der Waals surface area (Å²) in [6, 6.07) is 67.2. The Morgan fingerprint density at radius 2 is 0.833 bits per heavy atom. The minimum absolute atomic E-state index is 0.642. The second-order valence-corrected chi connectivity index (χ2v) is 15.1. The molecular weight excluding hydrogens is 735 g/mol. The van der Waals surface area contributed by atoms with E-state index in [9.17, 15) is 0 Å². The van der Waals surface area contributed by atoms with Gasteiger partial charge >= 0.3 is 0 Å². The second kappa shape index (κ2) is 13.8. The summed E-state index contributed by atoms with van der Waals surface area (Å²) in [6.07, 6.45) is 1.87. The molecule has 0 saturated carbocycles. The lowest BCUT2D eigenvalue weighted by Crippen LogP contribution is -1.97. The average Bonchev–Trinajstić information content (AvgIpc) is 3.90. The highest BCUT2D eigenvalue weighted by atomic mass is 16.3. The number of aromatic nitrogens is 3. The highest BCUT2D eigenvalue weighted by molar-refractivity contribution is 6.12. The molecule has 0 N–H and O–H groups in total. The Morgan fingerprint density at radius 3 is 1.48 bits per heavy atom. The van der Waals surface area contributed by atoms with E-state index < -0.39 is 0 Å². The zero-order chi connectivity index (χ0) is 39.6. The van der Waals surface area contributed by atoms with Gasteiger partial charge in [-0.1, -0.05) is 146 Å². The summed E-state index contributed by atoms with van der Waals surface area (Å²) >= 11 is 0. The van der Waals surface area contributed by atoms with E-state index in [0.717, 1.165) is 116 Å². The SMILES string of the molecule is c1ccc(-c2cc(-c3cc(-c4cccc5c4oc4ccccc45)cc(-c4cccc5c4oc4ccccc45)c3)nc(-c3ccc(-c4ccnc5ccccc45)cc3)n2)cc1. The van der Waals surface area contributed by atoms with E-state index in [1.54, 1.807) is 0 Å². The van der Waals surface area contributed by atoms with Gasteiger partial charge in [0.25, 0.3) is 0 Å². The molecule has 0 atom stereocenters. The normalized spacial score (nSPS) is 11.7. The van der Waals surface area contributed by atoms with E-state index in [1.165, 1.54) is 0 Å². The number of para-hydroxylation sites is 5. The number of pyridine rings is 1. The molecule has 5 heteroatoms. The first kappa shape index (κ1) is 33.9. The van der Waals surface area contributed by atoms with Gasteiger partial charge in [0.1, 0.15) is 22.3 Å². The van der Waals surface area contributed by atoms with E-state index >= 15 is 0 Å². The maximum absolute atomic E-state index is 6.61. The fourth-order valence-corrected chi connectivity index (χ4v) is 8.66. The molecule has 5 nitrogen and oxygen atoms in total. The summed E-state index contributed by atoms with van der Waals surface area (Å²) in [5.74, 6) is 0.642. The molecule has 0 spiro atoms. The van der Waals surface area contributed by atoms with Crippen LogP contribution in [0.1, 0.15) is 0 Å². The van der Waals surface area contributed by atoms with Gasteiger partial charge in [0.05, 0.1) is 16.9 Å². The molecule has 4 heterocycles. The molecule has 60 heavy (non-hydrogen) atoms. The minimum atomic E-state index is 0.642. The van der Waals surface area contributed by atoms with Gasteiger partial charge in [0.2, 0.25) is 0 Å². The molecule has 12 rings (SSSR count). The molecule has 0 aliphatic heterocycles. The van der Waals surface area contributed by atoms with Crippen molar-refractivity contribution in [1.29, 1.82) is 0 Å². The summed E-state index contributed by atoms with van der Waals surface area (Å²) in [5, 5.41) is 5.45. The lowest BCUT2D eigenvalue weighted by Gasteiger charge is -2.14. The van der Waals surface area contributed by atoms with E-state index in [-0.39, 0.29) is 0 Å². The first-order valence-electron chi connectivity index (χ1n) is 20.1. The monoisotopic (exact) mass is 767 g/mol. The predicted octanol–water partition coefficient (Wildman–Crippen LogP) is 14.8. The second-order valence-electron chi connectivity index (χ2n) is 15.1. The molecule has 8 aromatic carbocycles. The summed E-state index contributed by atoms with van der Waals surface area (Å²) in [4.78, 5) is 15.1. The number of nitrogens with zero attached hydrogens (tertiary/aromatic N) is 3. The predicted molar refractivity (Wildman–Crippen MR) is 245 cm³/mol. The zero-order valence-corrected chi connectivity index (χ0v) is 32.2. The van der Waals surface area contributed by atoms with Gasteiger partial charge in [0.15, 0.2) is 5.82 Å². The third kappa shape index (κ3) is 5.67. The largest absolute Gasteiger partial charge is 0.455 e. The molecule has 0 aliphatic carbocycles. The van der Waals surface area contributed by atoms with Crippen molar-refractivity contribution in [2.75, 3.05) is 0 Å². The smallest absolute Gasteiger partial charge is 0.160 e. The van der Waals surface area contributed by atoms with Gasteiger partial charge < -0.3 is 8.83 Å². The number of benzene rings is 8. The summed E-state index contributed by atoms with van der Waals surface area (Å²) in [5.41, 5.74) is 15.2. The van der Waals surface area contributed by atoms with Gasteiger partial charge in [-0.25, -0.2) is 9.97 Å². The third-order valence-corrected chi connectivity index (χ3v) is 11.6. The van der Waals surface area contributed by atoms with Crippen molar-refractivity contribution >= 4 is 54.8 Å². The fraction of sp³-hybridized carbons (Fsp3) is 0. The van der Waals surface area contributed by atoms with Crippen molar-refractivity contribution in [3.8, 4) is 67.3 Å². The minimum Gasteiger partial charge on any atom is -0.455 e. The Bertz CT molecular complexity index is 3470. The molecule has 0 amide bonds. The summed E-state index contributed by atoms with van der Waals surface area (Å²) in [6.45, 7) is 0. The van der Waals surface area contributed by atoms with Crippen molar-refractivity contribution < 1.29 is 8.83 Å². The maximum atomic E-state index is 6.61. The third-order valence-electron chi connectivity index (χ3n) is 11.6. The molecule has 4 aromatic heterocycles. The Balaban J connectivity index is 1.07. The van der Waals surface area contributed by atoms with E-state index in [2.05, 4.69) is 145 Å². The topological polar surface area (TPSA) is 65.0 Å². The summed E-state index contributed by atoms with van der Waals surface area (Å²) < 4.78 is 13.2. The van der Waals surface area contributed by atoms with Crippen molar-refractivity contribution in [2.24, 2.45) is 0 Å². The van der Waals surface area contributed by atoms with Crippen LogP contribution in [0.2, 0.25) is 0 Å². The van der Waals surface area contributed by atoms with Crippen molar-refractivity contribution in [2.45, 2.75) is 0 Å². The quantitative estimate of drug-likeness (QED) is 0.169. The van der Waals surface area contributed by atoms with Crippen LogP contribution in [0.4, 0.5) is 0 Å². The van der Waals surface area contributed by atoms with Crippen LogP contribution in [0.3, 0.4) is 0 Å². The maximum Gasteiger partial charge on any atom is 0.160 e. The fourth-order valence-electron chi connectivity index (χ4n) is 8.66. The molecule has 0 bridgehead atoms. The molecule has 0 fully saturated rings. The first-order valence-corrected chi connectivity index (χ1v) is 20.1. The average molecular weight is 768 g/mol. The number of furan rings is 2. The van der Waals surface area contributed by atoms with Crippen molar-refractivity contribution in [3.05, 3.63) is 200 Å². The van der Waals surface area contributed by atoms with Gasteiger partial charge in [-0.3, -0.25) is 4.98 Å². The number of fused-ring (bicyclic) bond motifs is 7. The number of hydrogen-bond donors (Lipinski definition) is 0. The highest BCUT2D eigenvalue weighted by Crippen LogP contribution is 2.42. The molecule has 12 aromatic rings. The van der Waals surface area contributed by atoms with Crippen LogP contribution in [0.5, 0.6) is 0 Å². The van der Waals surface area contributed by atoms with Gasteiger partial charge in [-0.2, -0.15) is 0 Å². The van der Waals surface area contributed by atoms with Gasteiger partial charge in [-0.15, -0.1) is 0 Å². The van der Waals surface area contributed by atoms with Crippen LogP contribution < -0.4 is 0 Å². The lowest BCUT2D eigenvalue weighted by molar-refractivity contribution is 0.670. The summed E-state index contributed by atoms with van der Waals surface area (Å²) in [7, 11) is 0. The van der Waals surface area contributed by atoms with Crippen LogP contribution in [0.25, 0.3) is 122 Å². The molecular formula is C55H33N3O2. The number of hydrogen-bond acceptors (Lipinski definition) is 5. The Morgan fingerprint density at radius 1 is 0.317 bits per heavy atom. The molecule has 0 saturated heterocycles. The molecule has 0 radical (unpaired) electrons. The van der Waals surface area contributed by atoms with E-state index in [1.807, 2.05) is 60.8 Å². The molecule has 280 valence electrons. The highest BCUT2D eigenvalue weighted by Gasteiger charge is 2.19.